The first-order valence-corrected chi connectivity index (χ1v) is 6.67. The smallest absolute Gasteiger partial charge is 0.0546 e. The Kier molecular flexibility index (Phi) is 2.93. The van der Waals surface area contributed by atoms with Crippen molar-refractivity contribution in [3.63, 3.8) is 0 Å². The molecule has 0 heterocycles. The van der Waals surface area contributed by atoms with Gasteiger partial charge in [0.05, 0.1) is 6.10 Å². The van der Waals surface area contributed by atoms with Gasteiger partial charge in [0, 0.05) is 19.0 Å². The highest BCUT2D eigenvalue weighted by molar-refractivity contribution is 5.40. The van der Waals surface area contributed by atoms with Crippen LogP contribution in [-0.4, -0.2) is 36.2 Å². The zero-order valence-electron chi connectivity index (χ0n) is 10.5. The fourth-order valence-electron chi connectivity index (χ4n) is 3.27. The molecule has 0 amide bonds. The average Bonchev–Trinajstić information content (AvgIpc) is 2.24. The van der Waals surface area contributed by atoms with Gasteiger partial charge in [-0.25, -0.2) is 0 Å². The maximum Gasteiger partial charge on any atom is 0.0546 e. The van der Waals surface area contributed by atoms with E-state index in [0.29, 0.717) is 0 Å². The minimum absolute atomic E-state index is 0.0159. The van der Waals surface area contributed by atoms with Gasteiger partial charge in [0.2, 0.25) is 0 Å². The molecule has 1 aromatic carbocycles. The van der Waals surface area contributed by atoms with E-state index in [-0.39, 0.29) is 6.10 Å². The third-order valence-electron chi connectivity index (χ3n) is 4.27. The molecule has 0 aromatic heterocycles. The van der Waals surface area contributed by atoms with Crippen LogP contribution in [0.15, 0.2) is 24.3 Å². The molecule has 2 aliphatic carbocycles. The van der Waals surface area contributed by atoms with E-state index in [2.05, 4.69) is 36.2 Å². The summed E-state index contributed by atoms with van der Waals surface area (Å²) >= 11 is 0. The lowest BCUT2D eigenvalue weighted by Crippen LogP contribution is -2.39. The van der Waals surface area contributed by atoms with Crippen LogP contribution in [0.1, 0.15) is 29.9 Å². The molecule has 0 aliphatic heterocycles. The molecular weight excluding hydrogens is 210 g/mol. The van der Waals surface area contributed by atoms with Gasteiger partial charge in [-0.05, 0) is 43.4 Å². The van der Waals surface area contributed by atoms with Crippen molar-refractivity contribution in [2.24, 2.45) is 5.92 Å². The van der Waals surface area contributed by atoms with E-state index in [0.717, 1.165) is 31.2 Å². The van der Waals surface area contributed by atoms with Crippen LogP contribution in [0.4, 0.5) is 0 Å². The maximum absolute atomic E-state index is 9.28. The minimum Gasteiger partial charge on any atom is -0.393 e. The normalized spacial score (nSPS) is 30.6. The van der Waals surface area contributed by atoms with Gasteiger partial charge < -0.3 is 10.0 Å². The van der Waals surface area contributed by atoms with Gasteiger partial charge in [-0.2, -0.15) is 0 Å². The van der Waals surface area contributed by atoms with Crippen molar-refractivity contribution >= 4 is 0 Å². The minimum atomic E-state index is -0.0159. The summed E-state index contributed by atoms with van der Waals surface area (Å²) in [6.07, 6.45) is 3.24. The predicted octanol–water partition coefficient (Wildman–Crippen LogP) is 2.03. The molecule has 2 nitrogen and oxygen atoms in total. The first kappa shape index (κ1) is 11.2. The summed E-state index contributed by atoms with van der Waals surface area (Å²) in [7, 11) is 2.21. The number of likely N-dealkylation sites (N-methyl/N-ethyl adjacent to an activating group) is 1. The summed E-state index contributed by atoms with van der Waals surface area (Å²) in [4.78, 5) is 2.44. The Balaban J connectivity index is 1.49. The Labute approximate surface area is 103 Å². The molecule has 2 aliphatic rings. The van der Waals surface area contributed by atoms with Crippen molar-refractivity contribution < 1.29 is 5.11 Å². The summed E-state index contributed by atoms with van der Waals surface area (Å²) in [5.41, 5.74) is 3.08. The van der Waals surface area contributed by atoms with Gasteiger partial charge in [0.15, 0.2) is 0 Å². The van der Waals surface area contributed by atoms with Crippen molar-refractivity contribution in [2.45, 2.75) is 31.3 Å². The van der Waals surface area contributed by atoms with Gasteiger partial charge in [-0.15, -0.1) is 0 Å². The molecular formula is C15H21NO. The number of rotatable bonds is 4. The number of hydrogen-bond donors (Lipinski definition) is 1. The molecule has 1 unspecified atom stereocenters. The number of fused-ring (bicyclic) bond motifs is 1. The van der Waals surface area contributed by atoms with Gasteiger partial charge in [0.25, 0.3) is 0 Å². The van der Waals surface area contributed by atoms with Crippen LogP contribution in [-0.2, 0) is 6.42 Å². The van der Waals surface area contributed by atoms with Gasteiger partial charge in [-0.1, -0.05) is 24.3 Å². The SMILES string of the molecule is CN(CC1CC(O)C1)CC1Cc2ccccc21. The van der Waals surface area contributed by atoms with Crippen molar-refractivity contribution in [3.05, 3.63) is 35.4 Å². The standard InChI is InChI=1S/C15H21NO/c1-16(9-11-6-14(17)7-11)10-13-8-12-4-2-3-5-15(12)13/h2-5,11,13-14,17H,6-10H2,1H3. The average molecular weight is 231 g/mol. The van der Waals surface area contributed by atoms with Gasteiger partial charge >= 0.3 is 0 Å². The molecule has 0 saturated heterocycles. The summed E-state index contributed by atoms with van der Waals surface area (Å²) < 4.78 is 0. The Bertz CT molecular complexity index is 398. The molecule has 0 bridgehead atoms. The molecule has 1 aromatic rings. The third kappa shape index (κ3) is 2.24. The molecule has 17 heavy (non-hydrogen) atoms. The van der Waals surface area contributed by atoms with Crippen molar-refractivity contribution in [1.82, 2.24) is 4.90 Å². The first-order valence-electron chi connectivity index (χ1n) is 6.67. The molecule has 92 valence electrons. The van der Waals surface area contributed by atoms with Crippen LogP contribution in [0.5, 0.6) is 0 Å². The lowest BCUT2D eigenvalue weighted by molar-refractivity contribution is 0.0273. The molecule has 0 radical (unpaired) electrons. The van der Waals surface area contributed by atoms with E-state index in [1.165, 1.54) is 18.5 Å². The quantitative estimate of drug-likeness (QED) is 0.857. The molecule has 1 fully saturated rings. The molecule has 0 spiro atoms. The molecule has 1 saturated carbocycles. The van der Waals surface area contributed by atoms with E-state index >= 15 is 0 Å². The van der Waals surface area contributed by atoms with Gasteiger partial charge in [0.1, 0.15) is 0 Å². The van der Waals surface area contributed by atoms with Gasteiger partial charge in [-0.3, -0.25) is 0 Å². The Morgan fingerprint density at radius 1 is 1.24 bits per heavy atom. The second kappa shape index (κ2) is 4.43. The monoisotopic (exact) mass is 231 g/mol. The van der Waals surface area contributed by atoms with Crippen LogP contribution >= 0.6 is 0 Å². The topological polar surface area (TPSA) is 23.5 Å². The summed E-state index contributed by atoms with van der Waals surface area (Å²) in [5.74, 6) is 1.46. The van der Waals surface area contributed by atoms with E-state index in [4.69, 9.17) is 0 Å². The van der Waals surface area contributed by atoms with Crippen LogP contribution in [0, 0.1) is 5.92 Å². The number of aliphatic hydroxyl groups is 1. The summed E-state index contributed by atoms with van der Waals surface area (Å²) in [6, 6.07) is 8.79. The number of aliphatic hydroxyl groups excluding tert-OH is 1. The van der Waals surface area contributed by atoms with Crippen LogP contribution < -0.4 is 0 Å². The lowest BCUT2D eigenvalue weighted by atomic mass is 9.77. The Hall–Kier alpha value is -0.860. The Morgan fingerprint density at radius 3 is 2.71 bits per heavy atom. The second-order valence-corrected chi connectivity index (χ2v) is 5.81. The van der Waals surface area contributed by atoms with Crippen LogP contribution in [0.3, 0.4) is 0 Å². The lowest BCUT2D eigenvalue weighted by Gasteiger charge is -2.38. The number of nitrogens with zero attached hydrogens (tertiary/aromatic N) is 1. The first-order chi connectivity index (χ1) is 8.22. The largest absolute Gasteiger partial charge is 0.393 e. The molecule has 1 N–H and O–H groups in total. The maximum atomic E-state index is 9.28. The molecule has 1 atom stereocenters. The number of benzene rings is 1. The van der Waals surface area contributed by atoms with Crippen LogP contribution in [0.2, 0.25) is 0 Å². The fraction of sp³-hybridized carbons (Fsp3) is 0.600. The Morgan fingerprint density at radius 2 is 2.00 bits per heavy atom. The summed E-state index contributed by atoms with van der Waals surface area (Å²) in [5, 5.41) is 9.28. The van der Waals surface area contributed by atoms with E-state index < -0.39 is 0 Å². The fourth-order valence-corrected chi connectivity index (χ4v) is 3.27. The molecule has 2 heteroatoms. The molecule has 3 rings (SSSR count). The second-order valence-electron chi connectivity index (χ2n) is 5.81. The highest BCUT2D eigenvalue weighted by Crippen LogP contribution is 2.35. The zero-order chi connectivity index (χ0) is 11.8. The van der Waals surface area contributed by atoms with E-state index in [1.807, 2.05) is 0 Å². The summed E-state index contributed by atoms with van der Waals surface area (Å²) in [6.45, 7) is 2.32. The van der Waals surface area contributed by atoms with E-state index in [1.54, 1.807) is 5.56 Å². The van der Waals surface area contributed by atoms with Crippen LogP contribution in [0.25, 0.3) is 0 Å². The third-order valence-corrected chi connectivity index (χ3v) is 4.27. The van der Waals surface area contributed by atoms with E-state index in [9.17, 15) is 5.11 Å². The van der Waals surface area contributed by atoms with Crippen molar-refractivity contribution in [3.8, 4) is 0 Å². The predicted molar refractivity (Wildman–Crippen MR) is 69.1 cm³/mol. The number of hydrogen-bond acceptors (Lipinski definition) is 2. The highest BCUT2D eigenvalue weighted by Gasteiger charge is 2.30. The van der Waals surface area contributed by atoms with Crippen molar-refractivity contribution in [1.29, 1.82) is 0 Å². The zero-order valence-corrected chi connectivity index (χ0v) is 10.5. The van der Waals surface area contributed by atoms with Crippen molar-refractivity contribution in [2.75, 3.05) is 20.1 Å². The highest BCUT2D eigenvalue weighted by atomic mass is 16.3.